The molecule has 0 atom stereocenters. The monoisotopic (exact) mass is 290 g/mol. The van der Waals surface area contributed by atoms with E-state index in [0.29, 0.717) is 6.54 Å². The molecule has 0 bridgehead atoms. The molecule has 4 heteroatoms. The number of amides is 1. The normalized spacial score (nSPS) is 11.6. The molecule has 0 fully saturated rings. The standard InChI is InChI=1S/C17H26N2O2/c1-5-13-9-10-15(18)14(12-13)8-6-7-11-19-16(20)21-17(2,3)4/h6,8-10,12H,5,7,11,18H2,1-4H3,(H,19,20). The summed E-state index contributed by atoms with van der Waals surface area (Å²) < 4.78 is 5.16. The Bertz CT molecular complexity index is 502. The molecule has 0 radical (unpaired) electrons. The van der Waals surface area contributed by atoms with E-state index in [0.717, 1.165) is 24.1 Å². The largest absolute Gasteiger partial charge is 0.444 e. The van der Waals surface area contributed by atoms with Crippen LogP contribution in [-0.4, -0.2) is 18.2 Å². The zero-order valence-electron chi connectivity index (χ0n) is 13.4. The van der Waals surface area contributed by atoms with Crippen LogP contribution < -0.4 is 11.1 Å². The molecule has 1 amide bonds. The van der Waals surface area contributed by atoms with Gasteiger partial charge in [0, 0.05) is 12.2 Å². The van der Waals surface area contributed by atoms with Gasteiger partial charge in [0.2, 0.25) is 0 Å². The summed E-state index contributed by atoms with van der Waals surface area (Å²) in [7, 11) is 0. The number of ether oxygens (including phenoxy) is 1. The number of alkyl carbamates (subject to hydrolysis) is 1. The fourth-order valence-corrected chi connectivity index (χ4v) is 1.77. The maximum absolute atomic E-state index is 11.5. The number of carbonyl (C=O) groups excluding carboxylic acids is 1. The topological polar surface area (TPSA) is 64.3 Å². The average Bonchev–Trinajstić information content (AvgIpc) is 2.38. The lowest BCUT2D eigenvalue weighted by molar-refractivity contribution is 0.0529. The highest BCUT2D eigenvalue weighted by Crippen LogP contribution is 2.16. The molecule has 0 aliphatic rings. The summed E-state index contributed by atoms with van der Waals surface area (Å²) in [6.45, 7) is 8.19. The van der Waals surface area contributed by atoms with Crippen molar-refractivity contribution < 1.29 is 9.53 Å². The summed E-state index contributed by atoms with van der Waals surface area (Å²) >= 11 is 0. The minimum Gasteiger partial charge on any atom is -0.444 e. The van der Waals surface area contributed by atoms with Crippen LogP contribution >= 0.6 is 0 Å². The number of rotatable bonds is 5. The first-order chi connectivity index (χ1) is 9.81. The summed E-state index contributed by atoms with van der Waals surface area (Å²) in [5, 5.41) is 2.72. The van der Waals surface area contributed by atoms with Crippen LogP contribution in [-0.2, 0) is 11.2 Å². The molecule has 0 aromatic heterocycles. The highest BCUT2D eigenvalue weighted by atomic mass is 16.6. The maximum atomic E-state index is 11.5. The molecule has 0 aliphatic heterocycles. The Morgan fingerprint density at radius 3 is 2.71 bits per heavy atom. The summed E-state index contributed by atoms with van der Waals surface area (Å²) in [6, 6.07) is 6.06. The van der Waals surface area contributed by atoms with Crippen LogP contribution in [0.3, 0.4) is 0 Å². The number of nitrogen functional groups attached to an aromatic ring is 1. The van der Waals surface area contributed by atoms with Gasteiger partial charge in [-0.05, 0) is 56.9 Å². The van der Waals surface area contributed by atoms with Crippen molar-refractivity contribution in [2.75, 3.05) is 12.3 Å². The van der Waals surface area contributed by atoms with E-state index in [1.807, 2.05) is 45.1 Å². The molecule has 1 rings (SSSR count). The van der Waals surface area contributed by atoms with E-state index in [2.05, 4.69) is 18.3 Å². The third-order valence-corrected chi connectivity index (χ3v) is 2.84. The first kappa shape index (κ1) is 17.1. The van der Waals surface area contributed by atoms with Crippen molar-refractivity contribution in [3.05, 3.63) is 35.4 Å². The third-order valence-electron chi connectivity index (χ3n) is 2.84. The third kappa shape index (κ3) is 6.84. The second-order valence-electron chi connectivity index (χ2n) is 5.94. The van der Waals surface area contributed by atoms with Crippen LogP contribution in [0.15, 0.2) is 24.3 Å². The van der Waals surface area contributed by atoms with Crippen molar-refractivity contribution in [2.45, 2.75) is 46.1 Å². The van der Waals surface area contributed by atoms with Gasteiger partial charge in [-0.3, -0.25) is 0 Å². The minimum absolute atomic E-state index is 0.386. The first-order valence-electron chi connectivity index (χ1n) is 7.33. The maximum Gasteiger partial charge on any atom is 0.407 e. The quantitative estimate of drug-likeness (QED) is 0.641. The molecule has 0 spiro atoms. The number of benzene rings is 1. The Labute approximate surface area is 127 Å². The molecule has 4 nitrogen and oxygen atoms in total. The number of anilines is 1. The Morgan fingerprint density at radius 2 is 2.10 bits per heavy atom. The lowest BCUT2D eigenvalue weighted by Gasteiger charge is -2.19. The van der Waals surface area contributed by atoms with Gasteiger partial charge in [-0.25, -0.2) is 4.79 Å². The number of carbonyl (C=O) groups is 1. The Balaban J connectivity index is 2.40. The molecule has 0 saturated heterocycles. The number of hydrogen-bond acceptors (Lipinski definition) is 3. The SMILES string of the molecule is CCc1ccc(N)c(C=CCCNC(=O)OC(C)(C)C)c1. The molecule has 0 heterocycles. The van der Waals surface area contributed by atoms with Gasteiger partial charge in [-0.1, -0.05) is 25.1 Å². The van der Waals surface area contributed by atoms with Gasteiger partial charge in [0.1, 0.15) is 5.60 Å². The molecule has 0 aliphatic carbocycles. The van der Waals surface area contributed by atoms with Crippen LogP contribution in [0.4, 0.5) is 10.5 Å². The van der Waals surface area contributed by atoms with Crippen LogP contribution in [0.2, 0.25) is 0 Å². The predicted molar refractivity (Wildman–Crippen MR) is 88.1 cm³/mol. The summed E-state index contributed by atoms with van der Waals surface area (Å²) in [5.41, 5.74) is 8.52. The molecule has 0 saturated carbocycles. The van der Waals surface area contributed by atoms with E-state index in [1.54, 1.807) is 0 Å². The van der Waals surface area contributed by atoms with Crippen molar-refractivity contribution >= 4 is 17.9 Å². The lowest BCUT2D eigenvalue weighted by Crippen LogP contribution is -2.32. The molecule has 1 aromatic carbocycles. The smallest absolute Gasteiger partial charge is 0.407 e. The predicted octanol–water partition coefficient (Wildman–Crippen LogP) is 3.76. The van der Waals surface area contributed by atoms with E-state index in [1.165, 1.54) is 5.56 Å². The highest BCUT2D eigenvalue weighted by Gasteiger charge is 2.15. The average molecular weight is 290 g/mol. The van der Waals surface area contributed by atoms with Crippen molar-refractivity contribution in [1.29, 1.82) is 0 Å². The van der Waals surface area contributed by atoms with Gasteiger partial charge in [-0.2, -0.15) is 0 Å². The number of aryl methyl sites for hydroxylation is 1. The van der Waals surface area contributed by atoms with Crippen molar-refractivity contribution in [3.8, 4) is 0 Å². The molecule has 0 unspecified atom stereocenters. The molecule has 1 aromatic rings. The van der Waals surface area contributed by atoms with Gasteiger partial charge in [0.15, 0.2) is 0 Å². The van der Waals surface area contributed by atoms with Gasteiger partial charge in [-0.15, -0.1) is 0 Å². The van der Waals surface area contributed by atoms with E-state index >= 15 is 0 Å². The summed E-state index contributed by atoms with van der Waals surface area (Å²) in [6.07, 6.45) is 5.33. The Hall–Kier alpha value is -1.97. The zero-order chi connectivity index (χ0) is 15.9. The number of nitrogens with one attached hydrogen (secondary N) is 1. The van der Waals surface area contributed by atoms with E-state index in [9.17, 15) is 4.79 Å². The van der Waals surface area contributed by atoms with Crippen LogP contribution in [0.25, 0.3) is 6.08 Å². The van der Waals surface area contributed by atoms with Crippen molar-refractivity contribution in [1.82, 2.24) is 5.32 Å². The highest BCUT2D eigenvalue weighted by molar-refractivity contribution is 5.68. The fraction of sp³-hybridized carbons (Fsp3) is 0.471. The summed E-state index contributed by atoms with van der Waals surface area (Å²) in [5.74, 6) is 0. The molecule has 3 N–H and O–H groups in total. The van der Waals surface area contributed by atoms with Crippen LogP contribution in [0.1, 0.15) is 45.2 Å². The van der Waals surface area contributed by atoms with E-state index < -0.39 is 5.60 Å². The van der Waals surface area contributed by atoms with Gasteiger partial charge < -0.3 is 15.8 Å². The summed E-state index contributed by atoms with van der Waals surface area (Å²) in [4.78, 5) is 11.5. The van der Waals surface area contributed by atoms with E-state index in [-0.39, 0.29) is 6.09 Å². The second-order valence-corrected chi connectivity index (χ2v) is 5.94. The number of hydrogen-bond donors (Lipinski definition) is 2. The molecule has 116 valence electrons. The Morgan fingerprint density at radius 1 is 1.38 bits per heavy atom. The molecule has 21 heavy (non-hydrogen) atoms. The van der Waals surface area contributed by atoms with Crippen LogP contribution in [0.5, 0.6) is 0 Å². The van der Waals surface area contributed by atoms with Crippen molar-refractivity contribution in [2.24, 2.45) is 0 Å². The molecular formula is C17H26N2O2. The van der Waals surface area contributed by atoms with E-state index in [4.69, 9.17) is 10.5 Å². The van der Waals surface area contributed by atoms with Crippen LogP contribution in [0, 0.1) is 0 Å². The van der Waals surface area contributed by atoms with Gasteiger partial charge in [0.25, 0.3) is 0 Å². The van der Waals surface area contributed by atoms with Gasteiger partial charge in [0.05, 0.1) is 0 Å². The van der Waals surface area contributed by atoms with Crippen molar-refractivity contribution in [3.63, 3.8) is 0 Å². The Kier molecular flexibility index (Phi) is 6.28. The second kappa shape index (κ2) is 7.72. The van der Waals surface area contributed by atoms with Gasteiger partial charge >= 0.3 is 6.09 Å². The first-order valence-corrected chi connectivity index (χ1v) is 7.33. The zero-order valence-corrected chi connectivity index (χ0v) is 13.4. The molecular weight excluding hydrogens is 264 g/mol. The fourth-order valence-electron chi connectivity index (χ4n) is 1.77. The number of nitrogens with two attached hydrogens (primary N) is 1. The lowest BCUT2D eigenvalue weighted by atomic mass is 10.1. The minimum atomic E-state index is -0.463.